The molecule has 0 saturated carbocycles. The zero-order valence-electron chi connectivity index (χ0n) is 13.5. The summed E-state index contributed by atoms with van der Waals surface area (Å²) in [4.78, 5) is 29.4. The summed E-state index contributed by atoms with van der Waals surface area (Å²) in [5.41, 5.74) is 1.03. The van der Waals surface area contributed by atoms with Gasteiger partial charge in [-0.15, -0.1) is 6.42 Å². The van der Waals surface area contributed by atoms with Crippen LogP contribution in [0.1, 0.15) is 6.23 Å². The number of rotatable bonds is 5. The molecule has 0 unspecified atom stereocenters. The molecule has 0 amide bonds. The summed E-state index contributed by atoms with van der Waals surface area (Å²) in [5, 5.41) is 21.2. The molecule has 3 heterocycles. The van der Waals surface area contributed by atoms with Crippen LogP contribution in [0.2, 0.25) is 0 Å². The fraction of sp³-hybridized carbons (Fsp3) is 0.462. The number of fused-ring (bicyclic) bond motifs is 1. The summed E-state index contributed by atoms with van der Waals surface area (Å²) in [7, 11) is -5.02. The van der Waals surface area contributed by atoms with E-state index in [4.69, 9.17) is 26.7 Å². The van der Waals surface area contributed by atoms with Gasteiger partial charge in [-0.05, 0) is 0 Å². The first-order valence-corrected chi connectivity index (χ1v) is 8.86. The number of aromatic nitrogens is 4. The number of aliphatic hydroxyl groups is 2. The van der Waals surface area contributed by atoms with E-state index in [2.05, 4.69) is 19.5 Å². The van der Waals surface area contributed by atoms with Gasteiger partial charge < -0.3 is 30.5 Å². The first-order chi connectivity index (χ1) is 12.6. The molecule has 4 atom stereocenters. The van der Waals surface area contributed by atoms with Crippen LogP contribution in [-0.2, 0) is 13.8 Å². The molecule has 12 nitrogen and oxygen atoms in total. The molecular weight excluding hydrogens is 388 g/mol. The average molecular weight is 403 g/mol. The molecule has 0 spiro atoms. The second kappa shape index (κ2) is 6.47. The smallest absolute Gasteiger partial charge is 0.386 e. The van der Waals surface area contributed by atoms with Crippen LogP contribution in [0.15, 0.2) is 12.7 Å². The van der Waals surface area contributed by atoms with Gasteiger partial charge in [-0.2, -0.15) is 0 Å². The quantitative estimate of drug-likeness (QED) is 0.288. The van der Waals surface area contributed by atoms with E-state index in [-0.39, 0.29) is 17.0 Å². The number of alkyl halides is 1. The fourth-order valence-corrected chi connectivity index (χ4v) is 3.21. The van der Waals surface area contributed by atoms with E-state index in [0.29, 0.717) is 0 Å². The molecule has 0 aromatic carbocycles. The van der Waals surface area contributed by atoms with Crippen molar-refractivity contribution in [3.8, 4) is 12.3 Å². The molecule has 0 bridgehead atoms. The largest absolute Gasteiger partial charge is 0.469 e. The van der Waals surface area contributed by atoms with Crippen LogP contribution in [0.5, 0.6) is 0 Å². The SMILES string of the molecule is C#C[C@@]1(O)[C@H](O)[C@@](CF)(COP(=O)(O)O)O[C@H]1n1cnc2c(N)ncnc21. The van der Waals surface area contributed by atoms with Crippen LogP contribution in [0.4, 0.5) is 10.2 Å². The number of hydrogen-bond acceptors (Lipinski definition) is 9. The van der Waals surface area contributed by atoms with Gasteiger partial charge in [0, 0.05) is 0 Å². The number of anilines is 1. The van der Waals surface area contributed by atoms with Gasteiger partial charge in [0.1, 0.15) is 24.6 Å². The molecule has 0 radical (unpaired) electrons. The number of halogens is 1. The highest BCUT2D eigenvalue weighted by atomic mass is 31.2. The van der Waals surface area contributed by atoms with E-state index in [1.54, 1.807) is 0 Å². The summed E-state index contributed by atoms with van der Waals surface area (Å²) in [5.74, 6) is 1.95. The second-order valence-corrected chi connectivity index (χ2v) is 7.13. The van der Waals surface area contributed by atoms with Crippen LogP contribution in [-0.4, -0.2) is 70.1 Å². The van der Waals surface area contributed by atoms with Crippen molar-refractivity contribution in [2.24, 2.45) is 0 Å². The van der Waals surface area contributed by atoms with Crippen molar-refractivity contribution in [1.29, 1.82) is 0 Å². The van der Waals surface area contributed by atoms with Gasteiger partial charge in [-0.1, -0.05) is 5.92 Å². The zero-order valence-corrected chi connectivity index (χ0v) is 14.4. The first kappa shape index (κ1) is 19.6. The minimum atomic E-state index is -5.02. The molecule has 1 fully saturated rings. The molecule has 1 aliphatic heterocycles. The Morgan fingerprint density at radius 1 is 1.48 bits per heavy atom. The Hall–Kier alpha value is -2.17. The van der Waals surface area contributed by atoms with Crippen LogP contribution in [0.25, 0.3) is 11.2 Å². The highest BCUT2D eigenvalue weighted by Crippen LogP contribution is 2.48. The Kier molecular flexibility index (Phi) is 4.69. The number of imidazole rings is 1. The first-order valence-electron chi connectivity index (χ1n) is 7.33. The topological polar surface area (TPSA) is 186 Å². The van der Waals surface area contributed by atoms with Gasteiger partial charge in [-0.3, -0.25) is 9.09 Å². The Morgan fingerprint density at radius 3 is 2.78 bits per heavy atom. The maximum atomic E-state index is 13.8. The van der Waals surface area contributed by atoms with E-state index in [1.165, 1.54) is 0 Å². The zero-order chi connectivity index (χ0) is 20.0. The average Bonchev–Trinajstić information content (AvgIpc) is 3.13. The number of hydrogen-bond donors (Lipinski definition) is 5. The minimum Gasteiger partial charge on any atom is -0.386 e. The van der Waals surface area contributed by atoms with Crippen molar-refractivity contribution < 1.29 is 38.2 Å². The Balaban J connectivity index is 2.08. The molecule has 2 aromatic rings. The maximum absolute atomic E-state index is 13.8. The number of nitrogens with zero attached hydrogens (tertiary/aromatic N) is 4. The van der Waals surface area contributed by atoms with E-state index in [0.717, 1.165) is 17.2 Å². The fourth-order valence-electron chi connectivity index (χ4n) is 2.82. The van der Waals surface area contributed by atoms with Gasteiger partial charge in [0.05, 0.1) is 12.9 Å². The van der Waals surface area contributed by atoms with Crippen molar-refractivity contribution in [3.63, 3.8) is 0 Å². The molecule has 6 N–H and O–H groups in total. The lowest BCUT2D eigenvalue weighted by atomic mass is 9.87. The predicted molar refractivity (Wildman–Crippen MR) is 86.3 cm³/mol. The number of nitrogens with two attached hydrogens (primary N) is 1. The van der Waals surface area contributed by atoms with Crippen molar-refractivity contribution in [2.45, 2.75) is 23.5 Å². The van der Waals surface area contributed by atoms with Crippen LogP contribution in [0, 0.1) is 12.3 Å². The van der Waals surface area contributed by atoms with Crippen molar-refractivity contribution in [1.82, 2.24) is 19.5 Å². The third-order valence-electron chi connectivity index (χ3n) is 4.21. The summed E-state index contributed by atoms with van der Waals surface area (Å²) in [6.45, 7) is -2.56. The number of ether oxygens (including phenoxy) is 1. The molecule has 14 heteroatoms. The number of nitrogen functional groups attached to an aromatic ring is 1. The van der Waals surface area contributed by atoms with Crippen LogP contribution >= 0.6 is 7.82 Å². The molecule has 146 valence electrons. The van der Waals surface area contributed by atoms with Crippen molar-refractivity contribution >= 4 is 24.8 Å². The summed E-state index contributed by atoms with van der Waals surface area (Å²) in [6.07, 6.45) is 3.86. The predicted octanol–water partition coefficient (Wildman–Crippen LogP) is -1.52. The monoisotopic (exact) mass is 403 g/mol. The van der Waals surface area contributed by atoms with E-state index in [9.17, 15) is 19.2 Å². The minimum absolute atomic E-state index is 0.0168. The lowest BCUT2D eigenvalue weighted by Crippen LogP contribution is -2.53. The summed E-state index contributed by atoms with van der Waals surface area (Å²) >= 11 is 0. The van der Waals surface area contributed by atoms with Crippen LogP contribution < -0.4 is 5.73 Å². The van der Waals surface area contributed by atoms with Gasteiger partial charge in [0.15, 0.2) is 28.9 Å². The standard InChI is InChI=1S/C13H15FN5O7P/c1-2-13(21)10(20)12(3-14,4-25-27(22,23)24)26-11(13)19-6-18-7-8(15)16-5-17-9(7)19/h1,5-6,10-11,20-21H,3-4H2,(H2,15,16,17)(H2,22,23,24)/t10-,11-,12-,13-/m1/s1. The molecule has 0 aliphatic carbocycles. The number of phosphoric ester groups is 1. The van der Waals surface area contributed by atoms with Gasteiger partial charge >= 0.3 is 7.82 Å². The highest BCUT2D eigenvalue weighted by Gasteiger charge is 2.64. The lowest BCUT2D eigenvalue weighted by Gasteiger charge is -2.29. The van der Waals surface area contributed by atoms with Gasteiger partial charge in [0.2, 0.25) is 0 Å². The van der Waals surface area contributed by atoms with Crippen LogP contribution in [0.3, 0.4) is 0 Å². The summed E-state index contributed by atoms with van der Waals surface area (Å²) in [6, 6.07) is 0. The lowest BCUT2D eigenvalue weighted by molar-refractivity contribution is -0.135. The van der Waals surface area contributed by atoms with Crippen molar-refractivity contribution in [3.05, 3.63) is 12.7 Å². The van der Waals surface area contributed by atoms with Gasteiger partial charge in [-0.25, -0.2) is 23.9 Å². The van der Waals surface area contributed by atoms with Gasteiger partial charge in [0.25, 0.3) is 0 Å². The van der Waals surface area contributed by atoms with E-state index >= 15 is 0 Å². The second-order valence-electron chi connectivity index (χ2n) is 5.89. The maximum Gasteiger partial charge on any atom is 0.469 e. The molecule has 1 aliphatic rings. The number of aliphatic hydroxyl groups excluding tert-OH is 1. The Labute approximate surface area is 151 Å². The molecular formula is C13H15FN5O7P. The number of phosphoric acid groups is 1. The highest BCUT2D eigenvalue weighted by molar-refractivity contribution is 7.46. The third kappa shape index (κ3) is 3.07. The molecule has 1 saturated heterocycles. The summed E-state index contributed by atoms with van der Waals surface area (Å²) < 4.78 is 35.6. The normalized spacial score (nSPS) is 31.3. The molecule has 27 heavy (non-hydrogen) atoms. The third-order valence-corrected chi connectivity index (χ3v) is 4.68. The Bertz CT molecular complexity index is 960. The molecule has 3 rings (SSSR count). The molecule has 2 aromatic heterocycles. The number of terminal acetylenes is 1. The Morgan fingerprint density at radius 2 is 2.19 bits per heavy atom. The van der Waals surface area contributed by atoms with E-state index in [1.807, 2.05) is 5.92 Å². The van der Waals surface area contributed by atoms with Crippen molar-refractivity contribution in [2.75, 3.05) is 19.0 Å². The van der Waals surface area contributed by atoms with E-state index < -0.39 is 44.6 Å².